The molecule has 7 heteroatoms. The molecule has 1 unspecified atom stereocenters. The van der Waals surface area contributed by atoms with E-state index in [1.165, 1.54) is 18.3 Å². The van der Waals surface area contributed by atoms with Gasteiger partial charge in [-0.2, -0.15) is 0 Å². The lowest BCUT2D eigenvalue weighted by molar-refractivity contribution is 0.415. The molecule has 1 aliphatic heterocycles. The van der Waals surface area contributed by atoms with Crippen molar-refractivity contribution in [3.05, 3.63) is 53.7 Å². The maximum Gasteiger partial charge on any atom is 0.210 e. The van der Waals surface area contributed by atoms with E-state index in [0.29, 0.717) is 16.5 Å². The van der Waals surface area contributed by atoms with E-state index in [1.807, 2.05) is 18.2 Å². The predicted octanol–water partition coefficient (Wildman–Crippen LogP) is 5.11. The molecule has 1 saturated heterocycles. The second kappa shape index (κ2) is 7.84. The van der Waals surface area contributed by atoms with Crippen LogP contribution < -0.4 is 9.64 Å². The van der Waals surface area contributed by atoms with Gasteiger partial charge in [0, 0.05) is 29.2 Å². The van der Waals surface area contributed by atoms with Gasteiger partial charge >= 0.3 is 0 Å². The van der Waals surface area contributed by atoms with E-state index in [9.17, 15) is 8.42 Å². The molecule has 4 rings (SSSR count). The lowest BCUT2D eigenvalue weighted by Crippen LogP contribution is -2.38. The number of methoxy groups -OCH3 is 1. The number of nitrogens with zero attached hydrogens (tertiary/aromatic N) is 2. The Morgan fingerprint density at radius 1 is 1.14 bits per heavy atom. The summed E-state index contributed by atoms with van der Waals surface area (Å²) in [5.41, 5.74) is 1.45. The molecule has 0 bridgehead atoms. The summed E-state index contributed by atoms with van der Waals surface area (Å²) in [5.74, 6) is 0.672. The molecule has 5 nitrogen and oxygen atoms in total. The number of sulfone groups is 1. The van der Waals surface area contributed by atoms with Crippen LogP contribution in [0.2, 0.25) is 5.02 Å². The average Bonchev–Trinajstić information content (AvgIpc) is 2.73. The minimum absolute atomic E-state index is 0.205. The van der Waals surface area contributed by atoms with E-state index in [-0.39, 0.29) is 15.8 Å². The zero-order valence-electron chi connectivity index (χ0n) is 16.4. The van der Waals surface area contributed by atoms with E-state index in [1.54, 1.807) is 19.2 Å². The summed E-state index contributed by atoms with van der Waals surface area (Å²) in [6.45, 7) is 2.95. The molecule has 0 amide bonds. The molecule has 0 saturated carbocycles. The molecular formula is C22H23ClN2O3S. The molecule has 152 valence electrons. The number of benzene rings is 2. The minimum Gasteiger partial charge on any atom is -0.497 e. The number of piperidine rings is 1. The Bertz CT molecular complexity index is 1150. The van der Waals surface area contributed by atoms with Crippen LogP contribution in [0.5, 0.6) is 5.75 Å². The van der Waals surface area contributed by atoms with Gasteiger partial charge in [0.25, 0.3) is 0 Å². The van der Waals surface area contributed by atoms with E-state index in [2.05, 4.69) is 16.8 Å². The first kappa shape index (κ1) is 20.0. The lowest BCUT2D eigenvalue weighted by Gasteiger charge is -2.37. The Morgan fingerprint density at radius 3 is 2.59 bits per heavy atom. The van der Waals surface area contributed by atoms with Crippen LogP contribution in [-0.4, -0.2) is 33.1 Å². The smallest absolute Gasteiger partial charge is 0.210 e. The Morgan fingerprint density at radius 2 is 1.90 bits per heavy atom. The summed E-state index contributed by atoms with van der Waals surface area (Å²) in [4.78, 5) is 7.09. The molecule has 0 radical (unpaired) electrons. The summed E-state index contributed by atoms with van der Waals surface area (Å²) >= 11 is 5.96. The van der Waals surface area contributed by atoms with E-state index in [0.717, 1.165) is 36.7 Å². The number of hydrogen-bond donors (Lipinski definition) is 0. The summed E-state index contributed by atoms with van der Waals surface area (Å²) < 4.78 is 32.5. The van der Waals surface area contributed by atoms with Crippen LogP contribution in [-0.2, 0) is 9.84 Å². The molecule has 0 N–H and O–H groups in total. The van der Waals surface area contributed by atoms with Crippen molar-refractivity contribution < 1.29 is 13.2 Å². The number of aromatic nitrogens is 1. The molecule has 1 aliphatic rings. The third-order valence-corrected chi connectivity index (χ3v) is 7.54. The quantitative estimate of drug-likeness (QED) is 0.575. The SMILES string of the molecule is COc1ccc2ncc(S(=O)(=O)c3ccc(Cl)cc3)c(N3CCCCC3C)c2c1. The van der Waals surface area contributed by atoms with Gasteiger partial charge in [-0.05, 0) is 68.7 Å². The maximum atomic E-state index is 13.6. The lowest BCUT2D eigenvalue weighted by atomic mass is 10.0. The van der Waals surface area contributed by atoms with Gasteiger partial charge in [-0.15, -0.1) is 0 Å². The van der Waals surface area contributed by atoms with E-state index in [4.69, 9.17) is 16.3 Å². The van der Waals surface area contributed by atoms with Gasteiger partial charge < -0.3 is 9.64 Å². The molecule has 0 aliphatic carbocycles. The molecule has 1 fully saturated rings. The van der Waals surface area contributed by atoms with Crippen molar-refractivity contribution in [2.24, 2.45) is 0 Å². The minimum atomic E-state index is -3.77. The van der Waals surface area contributed by atoms with Crippen LogP contribution in [0.4, 0.5) is 5.69 Å². The fourth-order valence-corrected chi connectivity index (χ4v) is 5.48. The molecule has 1 aromatic heterocycles. The molecular weight excluding hydrogens is 408 g/mol. The fraction of sp³-hybridized carbons (Fsp3) is 0.318. The molecule has 29 heavy (non-hydrogen) atoms. The van der Waals surface area contributed by atoms with Gasteiger partial charge in [0.15, 0.2) is 0 Å². The monoisotopic (exact) mass is 430 g/mol. The zero-order valence-corrected chi connectivity index (χ0v) is 18.0. The number of halogens is 1. The molecule has 2 heterocycles. The number of hydrogen-bond acceptors (Lipinski definition) is 5. The van der Waals surface area contributed by atoms with Crippen molar-refractivity contribution in [1.82, 2.24) is 4.98 Å². The number of rotatable bonds is 4. The van der Waals surface area contributed by atoms with Crippen molar-refractivity contribution in [2.75, 3.05) is 18.6 Å². The first-order valence-corrected chi connectivity index (χ1v) is 11.5. The van der Waals surface area contributed by atoms with Crippen LogP contribution in [0.1, 0.15) is 26.2 Å². The third kappa shape index (κ3) is 3.67. The topological polar surface area (TPSA) is 59.5 Å². The van der Waals surface area contributed by atoms with Crippen LogP contribution in [0.3, 0.4) is 0 Å². The number of fused-ring (bicyclic) bond motifs is 1. The predicted molar refractivity (Wildman–Crippen MR) is 116 cm³/mol. The van der Waals surface area contributed by atoms with E-state index >= 15 is 0 Å². The second-order valence-corrected chi connectivity index (χ2v) is 9.70. The summed E-state index contributed by atoms with van der Waals surface area (Å²) in [5, 5.41) is 1.28. The van der Waals surface area contributed by atoms with Gasteiger partial charge in [0.2, 0.25) is 9.84 Å². The summed E-state index contributed by atoms with van der Waals surface area (Å²) in [6.07, 6.45) is 4.67. The molecule has 0 spiro atoms. The summed E-state index contributed by atoms with van der Waals surface area (Å²) in [6, 6.07) is 12.1. The molecule has 1 atom stereocenters. The van der Waals surface area contributed by atoms with Gasteiger partial charge in [-0.3, -0.25) is 4.98 Å². The third-order valence-electron chi connectivity index (χ3n) is 5.52. The summed E-state index contributed by atoms with van der Waals surface area (Å²) in [7, 11) is -2.17. The Kier molecular flexibility index (Phi) is 5.40. The highest BCUT2D eigenvalue weighted by atomic mass is 35.5. The number of ether oxygens (including phenoxy) is 1. The first-order valence-electron chi connectivity index (χ1n) is 9.66. The molecule has 2 aromatic carbocycles. The Hall–Kier alpha value is -2.31. The highest BCUT2D eigenvalue weighted by Gasteiger charge is 2.30. The first-order chi connectivity index (χ1) is 13.9. The number of pyridine rings is 1. The van der Waals surface area contributed by atoms with Gasteiger partial charge in [-0.1, -0.05) is 11.6 Å². The maximum absolute atomic E-state index is 13.6. The van der Waals surface area contributed by atoms with Crippen molar-refractivity contribution in [2.45, 2.75) is 42.0 Å². The van der Waals surface area contributed by atoms with Gasteiger partial charge in [-0.25, -0.2) is 8.42 Å². The van der Waals surface area contributed by atoms with Crippen molar-refractivity contribution in [3.8, 4) is 5.75 Å². The van der Waals surface area contributed by atoms with Crippen LogP contribution >= 0.6 is 11.6 Å². The van der Waals surface area contributed by atoms with Gasteiger partial charge in [0.05, 0.1) is 23.2 Å². The largest absolute Gasteiger partial charge is 0.497 e. The fourth-order valence-electron chi connectivity index (χ4n) is 3.93. The van der Waals surface area contributed by atoms with Crippen LogP contribution in [0.15, 0.2) is 58.5 Å². The Balaban J connectivity index is 2.00. The van der Waals surface area contributed by atoms with Crippen LogP contribution in [0, 0.1) is 0 Å². The zero-order chi connectivity index (χ0) is 20.6. The highest BCUT2D eigenvalue weighted by molar-refractivity contribution is 7.91. The van der Waals surface area contributed by atoms with E-state index < -0.39 is 9.84 Å². The van der Waals surface area contributed by atoms with Gasteiger partial charge in [0.1, 0.15) is 10.6 Å². The second-order valence-electron chi connectivity index (χ2n) is 7.35. The standard InChI is InChI=1S/C22H23ClN2O3S/c1-15-5-3-4-12-25(15)22-19-13-17(28-2)8-11-20(19)24-14-21(22)29(26,27)18-9-6-16(23)7-10-18/h6-11,13-15H,3-5,12H2,1-2H3. The highest BCUT2D eigenvalue weighted by Crippen LogP contribution is 2.39. The number of anilines is 1. The normalized spacial score (nSPS) is 17.5. The Labute approximate surface area is 176 Å². The average molecular weight is 431 g/mol. The van der Waals surface area contributed by atoms with Crippen molar-refractivity contribution in [3.63, 3.8) is 0 Å². The van der Waals surface area contributed by atoms with Crippen molar-refractivity contribution >= 4 is 38.0 Å². The van der Waals surface area contributed by atoms with Crippen LogP contribution in [0.25, 0.3) is 10.9 Å². The van der Waals surface area contributed by atoms with Crippen molar-refractivity contribution in [1.29, 1.82) is 0 Å². The molecule has 3 aromatic rings.